The van der Waals surface area contributed by atoms with Gasteiger partial charge in [-0.3, -0.25) is 9.58 Å². The van der Waals surface area contributed by atoms with Crippen LogP contribution in [-0.2, 0) is 20.0 Å². The molecule has 0 amide bonds. The van der Waals surface area contributed by atoms with Crippen LogP contribution < -0.4 is 5.73 Å². The lowest BCUT2D eigenvalue weighted by molar-refractivity contribution is 0.141. The van der Waals surface area contributed by atoms with Crippen LogP contribution in [0.25, 0.3) is 0 Å². The van der Waals surface area contributed by atoms with Gasteiger partial charge in [-0.1, -0.05) is 13.3 Å². The normalized spacial score (nSPS) is 21.9. The molecule has 1 aliphatic heterocycles. The van der Waals surface area contributed by atoms with E-state index in [1.165, 1.54) is 37.2 Å². The average Bonchev–Trinajstić information content (AvgIpc) is 2.71. The number of rotatable bonds is 4. The standard InChI is InChI=1S/C13H24N4/c1-3-11-8-13(16(2)15-11)10-17-7-5-4-6-12(17)9-14/h8,12H,3-7,9-10,14H2,1-2H3. The molecular weight excluding hydrogens is 212 g/mol. The fourth-order valence-electron chi connectivity index (χ4n) is 2.64. The molecule has 1 aliphatic rings. The van der Waals surface area contributed by atoms with Gasteiger partial charge in [0.25, 0.3) is 0 Å². The van der Waals surface area contributed by atoms with Gasteiger partial charge in [-0.25, -0.2) is 0 Å². The summed E-state index contributed by atoms with van der Waals surface area (Å²) < 4.78 is 2.01. The van der Waals surface area contributed by atoms with Gasteiger partial charge in [-0.15, -0.1) is 0 Å². The van der Waals surface area contributed by atoms with Crippen molar-refractivity contribution in [2.24, 2.45) is 12.8 Å². The van der Waals surface area contributed by atoms with Crippen molar-refractivity contribution in [2.75, 3.05) is 13.1 Å². The van der Waals surface area contributed by atoms with Crippen LogP contribution in [0.1, 0.15) is 37.6 Å². The highest BCUT2D eigenvalue weighted by Crippen LogP contribution is 2.19. The van der Waals surface area contributed by atoms with Crippen molar-refractivity contribution in [3.8, 4) is 0 Å². The number of hydrogen-bond acceptors (Lipinski definition) is 3. The van der Waals surface area contributed by atoms with E-state index >= 15 is 0 Å². The molecule has 1 aromatic heterocycles. The zero-order valence-corrected chi connectivity index (χ0v) is 11.0. The van der Waals surface area contributed by atoms with Gasteiger partial charge in [0.05, 0.1) is 11.4 Å². The third-order valence-electron chi connectivity index (χ3n) is 3.78. The first-order chi connectivity index (χ1) is 8.24. The average molecular weight is 236 g/mol. The minimum atomic E-state index is 0.559. The Morgan fingerprint density at radius 2 is 2.29 bits per heavy atom. The van der Waals surface area contributed by atoms with Gasteiger partial charge in [-0.2, -0.15) is 5.10 Å². The minimum absolute atomic E-state index is 0.559. The van der Waals surface area contributed by atoms with Gasteiger partial charge in [0.1, 0.15) is 0 Å². The van der Waals surface area contributed by atoms with Crippen molar-refractivity contribution in [3.05, 3.63) is 17.5 Å². The first-order valence-corrected chi connectivity index (χ1v) is 6.70. The maximum absolute atomic E-state index is 5.85. The first-order valence-electron chi connectivity index (χ1n) is 6.70. The topological polar surface area (TPSA) is 47.1 Å². The largest absolute Gasteiger partial charge is 0.329 e. The summed E-state index contributed by atoms with van der Waals surface area (Å²) in [6.07, 6.45) is 4.88. The summed E-state index contributed by atoms with van der Waals surface area (Å²) in [6, 6.07) is 2.78. The number of likely N-dealkylation sites (tertiary alicyclic amines) is 1. The highest BCUT2D eigenvalue weighted by atomic mass is 15.3. The van der Waals surface area contributed by atoms with E-state index in [9.17, 15) is 0 Å². The zero-order chi connectivity index (χ0) is 12.3. The number of aromatic nitrogens is 2. The lowest BCUT2D eigenvalue weighted by Crippen LogP contribution is -2.43. The van der Waals surface area contributed by atoms with Gasteiger partial charge < -0.3 is 5.73 Å². The number of hydrogen-bond donors (Lipinski definition) is 1. The molecule has 17 heavy (non-hydrogen) atoms. The van der Waals surface area contributed by atoms with E-state index in [2.05, 4.69) is 23.0 Å². The molecule has 1 fully saturated rings. The predicted octanol–water partition coefficient (Wildman–Crippen LogP) is 1.30. The molecule has 1 aromatic rings. The number of nitrogens with two attached hydrogens (primary N) is 1. The summed E-state index contributed by atoms with van der Waals surface area (Å²) >= 11 is 0. The van der Waals surface area contributed by atoms with Gasteiger partial charge in [0.15, 0.2) is 0 Å². The minimum Gasteiger partial charge on any atom is -0.329 e. The van der Waals surface area contributed by atoms with E-state index in [0.717, 1.165) is 19.5 Å². The van der Waals surface area contributed by atoms with Crippen molar-refractivity contribution in [3.63, 3.8) is 0 Å². The second kappa shape index (κ2) is 5.65. The second-order valence-electron chi connectivity index (χ2n) is 4.96. The Morgan fingerprint density at radius 1 is 1.47 bits per heavy atom. The maximum atomic E-state index is 5.85. The Morgan fingerprint density at radius 3 is 2.94 bits per heavy atom. The molecule has 0 aliphatic carbocycles. The first kappa shape index (κ1) is 12.6. The Bertz CT molecular complexity index is 358. The van der Waals surface area contributed by atoms with Crippen LogP contribution in [0.4, 0.5) is 0 Å². The molecule has 1 unspecified atom stereocenters. The fourth-order valence-corrected chi connectivity index (χ4v) is 2.64. The molecule has 1 atom stereocenters. The SMILES string of the molecule is CCc1cc(CN2CCCCC2CN)n(C)n1. The van der Waals surface area contributed by atoms with Crippen LogP contribution in [0.15, 0.2) is 6.07 Å². The van der Waals surface area contributed by atoms with Crippen LogP contribution in [0.5, 0.6) is 0 Å². The highest BCUT2D eigenvalue weighted by molar-refractivity contribution is 5.10. The molecule has 0 bridgehead atoms. The van der Waals surface area contributed by atoms with Crippen molar-refractivity contribution in [1.29, 1.82) is 0 Å². The molecule has 4 heteroatoms. The van der Waals surface area contributed by atoms with Crippen LogP contribution >= 0.6 is 0 Å². The Balaban J connectivity index is 2.05. The molecule has 0 aromatic carbocycles. The highest BCUT2D eigenvalue weighted by Gasteiger charge is 2.22. The van der Waals surface area contributed by atoms with Crippen LogP contribution in [0.2, 0.25) is 0 Å². The summed E-state index contributed by atoms with van der Waals surface area (Å²) in [6.45, 7) is 5.09. The third kappa shape index (κ3) is 2.87. The smallest absolute Gasteiger partial charge is 0.0625 e. The molecule has 0 spiro atoms. The third-order valence-corrected chi connectivity index (χ3v) is 3.78. The summed E-state index contributed by atoms with van der Waals surface area (Å²) in [5.74, 6) is 0. The van der Waals surface area contributed by atoms with E-state index in [1.54, 1.807) is 0 Å². The zero-order valence-electron chi connectivity index (χ0n) is 11.0. The molecule has 2 heterocycles. The second-order valence-corrected chi connectivity index (χ2v) is 4.96. The molecule has 2 N–H and O–H groups in total. The van der Waals surface area contributed by atoms with E-state index in [1.807, 2.05) is 11.7 Å². The van der Waals surface area contributed by atoms with Crippen molar-refractivity contribution in [2.45, 2.75) is 45.2 Å². The van der Waals surface area contributed by atoms with E-state index in [0.29, 0.717) is 6.04 Å². The molecule has 2 rings (SSSR count). The number of aryl methyl sites for hydroxylation is 2. The predicted molar refractivity (Wildman–Crippen MR) is 69.7 cm³/mol. The monoisotopic (exact) mass is 236 g/mol. The molecule has 4 nitrogen and oxygen atoms in total. The Kier molecular flexibility index (Phi) is 4.18. The van der Waals surface area contributed by atoms with E-state index < -0.39 is 0 Å². The summed E-state index contributed by atoms with van der Waals surface area (Å²) in [4.78, 5) is 2.51. The van der Waals surface area contributed by atoms with Crippen molar-refractivity contribution < 1.29 is 0 Å². The lowest BCUT2D eigenvalue weighted by atomic mass is 10.0. The van der Waals surface area contributed by atoms with Crippen LogP contribution in [-0.4, -0.2) is 33.8 Å². The Labute approximate surface area is 104 Å². The molecule has 1 saturated heterocycles. The van der Waals surface area contributed by atoms with Gasteiger partial charge in [0, 0.05) is 26.2 Å². The molecule has 0 radical (unpaired) electrons. The fraction of sp³-hybridized carbons (Fsp3) is 0.769. The van der Waals surface area contributed by atoms with Crippen molar-refractivity contribution >= 4 is 0 Å². The maximum Gasteiger partial charge on any atom is 0.0625 e. The van der Waals surface area contributed by atoms with Crippen LogP contribution in [0.3, 0.4) is 0 Å². The van der Waals surface area contributed by atoms with E-state index in [4.69, 9.17) is 5.73 Å². The van der Waals surface area contributed by atoms with Gasteiger partial charge >= 0.3 is 0 Å². The van der Waals surface area contributed by atoms with E-state index in [-0.39, 0.29) is 0 Å². The van der Waals surface area contributed by atoms with Gasteiger partial charge in [0.2, 0.25) is 0 Å². The number of nitrogens with zero attached hydrogens (tertiary/aromatic N) is 3. The van der Waals surface area contributed by atoms with Gasteiger partial charge in [-0.05, 0) is 31.9 Å². The van der Waals surface area contributed by atoms with Crippen LogP contribution in [0, 0.1) is 0 Å². The quantitative estimate of drug-likeness (QED) is 0.857. The number of piperidine rings is 1. The Hall–Kier alpha value is -0.870. The molecular formula is C13H24N4. The molecule has 96 valence electrons. The van der Waals surface area contributed by atoms with Crippen molar-refractivity contribution in [1.82, 2.24) is 14.7 Å². The summed E-state index contributed by atoms with van der Waals surface area (Å²) in [5, 5.41) is 4.50. The lowest BCUT2D eigenvalue weighted by Gasteiger charge is -2.34. The summed E-state index contributed by atoms with van der Waals surface area (Å²) in [5.41, 5.74) is 8.34. The molecule has 0 saturated carbocycles. The summed E-state index contributed by atoms with van der Waals surface area (Å²) in [7, 11) is 2.04.